The van der Waals surface area contributed by atoms with E-state index >= 15 is 0 Å². The van der Waals surface area contributed by atoms with E-state index in [4.69, 9.17) is 10.8 Å². The van der Waals surface area contributed by atoms with Gasteiger partial charge >= 0.3 is 5.97 Å². The number of carboxylic acid groups (broad SMARTS) is 1. The van der Waals surface area contributed by atoms with Crippen molar-refractivity contribution in [3.63, 3.8) is 0 Å². The molecule has 16 heavy (non-hydrogen) atoms. The van der Waals surface area contributed by atoms with Crippen LogP contribution in [0, 0.1) is 5.92 Å². The lowest BCUT2D eigenvalue weighted by Gasteiger charge is -2.24. The third-order valence-corrected chi connectivity index (χ3v) is 3.58. The van der Waals surface area contributed by atoms with Crippen LogP contribution in [0.15, 0.2) is 0 Å². The molecule has 4 nitrogen and oxygen atoms in total. The van der Waals surface area contributed by atoms with Gasteiger partial charge in [-0.05, 0) is 25.7 Å². The largest absolute Gasteiger partial charge is 0.480 e. The Kier molecular flexibility index (Phi) is 5.77. The molecule has 1 fully saturated rings. The van der Waals surface area contributed by atoms with Crippen LogP contribution >= 0.6 is 0 Å². The number of carbonyl (C=O) groups is 1. The average Bonchev–Trinajstić information content (AvgIpc) is 2.53. The summed E-state index contributed by atoms with van der Waals surface area (Å²) in [4.78, 5) is 10.6. The highest BCUT2D eigenvalue weighted by atomic mass is 16.4. The molecule has 0 radical (unpaired) electrons. The number of aliphatic carboxylic acids is 1. The molecular weight excluding hydrogens is 204 g/mol. The third-order valence-electron chi connectivity index (χ3n) is 3.58. The molecule has 0 spiro atoms. The van der Waals surface area contributed by atoms with Crippen molar-refractivity contribution in [1.29, 1.82) is 0 Å². The lowest BCUT2D eigenvalue weighted by Crippen LogP contribution is -2.45. The van der Waals surface area contributed by atoms with Crippen LogP contribution in [0.1, 0.15) is 45.4 Å². The highest BCUT2D eigenvalue weighted by molar-refractivity contribution is 5.73. The molecule has 0 aliphatic heterocycles. The minimum Gasteiger partial charge on any atom is -0.480 e. The van der Waals surface area contributed by atoms with Crippen LogP contribution in [0.4, 0.5) is 0 Å². The number of nitrogens with one attached hydrogen (secondary N) is 1. The van der Waals surface area contributed by atoms with E-state index in [1.807, 2.05) is 0 Å². The van der Waals surface area contributed by atoms with Crippen molar-refractivity contribution in [2.24, 2.45) is 11.7 Å². The minimum atomic E-state index is -0.930. The maximum Gasteiger partial charge on any atom is 0.321 e. The molecule has 4 heteroatoms. The van der Waals surface area contributed by atoms with Crippen LogP contribution in [0.5, 0.6) is 0 Å². The van der Waals surface area contributed by atoms with E-state index < -0.39 is 12.0 Å². The molecule has 0 heterocycles. The van der Waals surface area contributed by atoms with Crippen molar-refractivity contribution in [3.05, 3.63) is 0 Å². The molecule has 0 aromatic heterocycles. The molecule has 0 aromatic carbocycles. The minimum absolute atomic E-state index is 0.368. The van der Waals surface area contributed by atoms with Gasteiger partial charge in [-0.25, -0.2) is 0 Å². The Morgan fingerprint density at radius 3 is 2.44 bits per heavy atom. The van der Waals surface area contributed by atoms with Crippen molar-refractivity contribution in [2.45, 2.75) is 57.5 Å². The van der Waals surface area contributed by atoms with Gasteiger partial charge in [0.1, 0.15) is 6.04 Å². The molecular formula is C12H24N2O2. The smallest absolute Gasteiger partial charge is 0.321 e. The second-order valence-electron chi connectivity index (χ2n) is 4.89. The molecule has 1 aliphatic carbocycles. The fourth-order valence-electron chi connectivity index (χ4n) is 2.38. The second-order valence-corrected chi connectivity index (χ2v) is 4.89. The fraction of sp³-hybridized carbons (Fsp3) is 0.917. The first-order valence-corrected chi connectivity index (χ1v) is 6.33. The molecule has 0 amide bonds. The summed E-state index contributed by atoms with van der Waals surface area (Å²) >= 11 is 0. The van der Waals surface area contributed by atoms with E-state index in [0.717, 1.165) is 0 Å². The van der Waals surface area contributed by atoms with Gasteiger partial charge in [0.2, 0.25) is 0 Å². The van der Waals surface area contributed by atoms with E-state index in [2.05, 4.69) is 12.2 Å². The zero-order valence-corrected chi connectivity index (χ0v) is 10.1. The van der Waals surface area contributed by atoms with E-state index in [1.165, 1.54) is 38.5 Å². The van der Waals surface area contributed by atoms with Crippen molar-refractivity contribution >= 4 is 5.97 Å². The molecule has 4 N–H and O–H groups in total. The summed E-state index contributed by atoms with van der Waals surface area (Å²) in [6.45, 7) is 2.51. The van der Waals surface area contributed by atoms with Crippen LogP contribution in [-0.2, 0) is 4.79 Å². The Hall–Kier alpha value is -0.610. The van der Waals surface area contributed by atoms with Crippen LogP contribution in [0.2, 0.25) is 0 Å². The van der Waals surface area contributed by atoms with Gasteiger partial charge in [0.25, 0.3) is 0 Å². The van der Waals surface area contributed by atoms with Crippen LogP contribution < -0.4 is 11.1 Å². The molecule has 1 unspecified atom stereocenters. The predicted molar refractivity (Wildman–Crippen MR) is 64.3 cm³/mol. The van der Waals surface area contributed by atoms with Gasteiger partial charge in [0, 0.05) is 12.6 Å². The molecule has 1 rings (SSSR count). The summed E-state index contributed by atoms with van der Waals surface area (Å²) in [6, 6.07) is -0.406. The Balaban J connectivity index is 2.27. The van der Waals surface area contributed by atoms with Crippen molar-refractivity contribution in [3.8, 4) is 0 Å². The van der Waals surface area contributed by atoms with E-state index in [1.54, 1.807) is 0 Å². The topological polar surface area (TPSA) is 75.3 Å². The highest BCUT2D eigenvalue weighted by Gasteiger charge is 2.20. The summed E-state index contributed by atoms with van der Waals surface area (Å²) in [5, 5.41) is 11.9. The Labute approximate surface area is 97.6 Å². The first-order chi connectivity index (χ1) is 7.61. The number of carboxylic acids is 1. The van der Waals surface area contributed by atoms with E-state index in [9.17, 15) is 4.79 Å². The van der Waals surface area contributed by atoms with Crippen LogP contribution in [-0.4, -0.2) is 29.7 Å². The predicted octanol–water partition coefficient (Wildman–Crippen LogP) is 1.35. The number of nitrogens with two attached hydrogens (primary N) is 1. The second kappa shape index (κ2) is 6.86. The fourth-order valence-corrected chi connectivity index (χ4v) is 2.38. The van der Waals surface area contributed by atoms with E-state index in [-0.39, 0.29) is 0 Å². The molecule has 1 saturated carbocycles. The zero-order valence-electron chi connectivity index (χ0n) is 10.1. The van der Waals surface area contributed by atoms with Gasteiger partial charge in [0.15, 0.2) is 0 Å². The van der Waals surface area contributed by atoms with Crippen molar-refractivity contribution in [1.82, 2.24) is 5.32 Å². The number of hydrogen-bond acceptors (Lipinski definition) is 3. The molecule has 1 aliphatic rings. The van der Waals surface area contributed by atoms with Gasteiger partial charge in [-0.1, -0.05) is 25.7 Å². The Morgan fingerprint density at radius 2 is 1.94 bits per heavy atom. The van der Waals surface area contributed by atoms with Crippen LogP contribution in [0.3, 0.4) is 0 Å². The quantitative estimate of drug-likeness (QED) is 0.621. The number of rotatable bonds is 5. The van der Waals surface area contributed by atoms with E-state index in [0.29, 0.717) is 18.5 Å². The van der Waals surface area contributed by atoms with Gasteiger partial charge < -0.3 is 16.2 Å². The maximum atomic E-state index is 10.6. The lowest BCUT2D eigenvalue weighted by atomic mass is 9.93. The molecule has 94 valence electrons. The SMILES string of the molecule is C[C@@H](NCC(N)C(=O)O)C1CCCCCC1. The monoisotopic (exact) mass is 228 g/mol. The summed E-state index contributed by atoms with van der Waals surface area (Å²) in [5.74, 6) is -0.246. The standard InChI is InChI=1S/C12H24N2O2/c1-9(14-8-11(13)12(15)16)10-6-4-2-3-5-7-10/h9-11,14H,2-8,13H2,1H3,(H,15,16)/t9-,11?/m1/s1. The first kappa shape index (κ1) is 13.5. The molecule has 0 saturated heterocycles. The zero-order chi connectivity index (χ0) is 12.0. The Bertz CT molecular complexity index is 213. The first-order valence-electron chi connectivity index (χ1n) is 6.33. The molecule has 0 bridgehead atoms. The number of hydrogen-bond donors (Lipinski definition) is 3. The van der Waals surface area contributed by atoms with Gasteiger partial charge in [-0.3, -0.25) is 4.79 Å². The molecule has 2 atom stereocenters. The van der Waals surface area contributed by atoms with Crippen LogP contribution in [0.25, 0.3) is 0 Å². The normalized spacial score (nSPS) is 22.4. The highest BCUT2D eigenvalue weighted by Crippen LogP contribution is 2.25. The van der Waals surface area contributed by atoms with Gasteiger partial charge in [-0.15, -0.1) is 0 Å². The third kappa shape index (κ3) is 4.49. The lowest BCUT2D eigenvalue weighted by molar-refractivity contribution is -0.138. The summed E-state index contributed by atoms with van der Waals surface area (Å²) in [6.07, 6.45) is 7.83. The average molecular weight is 228 g/mol. The molecule has 0 aromatic rings. The summed E-state index contributed by atoms with van der Waals surface area (Å²) in [7, 11) is 0. The van der Waals surface area contributed by atoms with Crippen molar-refractivity contribution in [2.75, 3.05) is 6.54 Å². The Morgan fingerprint density at radius 1 is 1.38 bits per heavy atom. The summed E-state index contributed by atoms with van der Waals surface area (Å²) < 4.78 is 0. The summed E-state index contributed by atoms with van der Waals surface area (Å²) in [5.41, 5.74) is 5.46. The van der Waals surface area contributed by atoms with Gasteiger partial charge in [-0.2, -0.15) is 0 Å². The van der Waals surface area contributed by atoms with Gasteiger partial charge in [0.05, 0.1) is 0 Å². The van der Waals surface area contributed by atoms with Crippen molar-refractivity contribution < 1.29 is 9.90 Å². The maximum absolute atomic E-state index is 10.6.